The van der Waals surface area contributed by atoms with Gasteiger partial charge < -0.3 is 10.0 Å². The van der Waals surface area contributed by atoms with Crippen molar-refractivity contribution in [1.82, 2.24) is 4.90 Å². The fourth-order valence-electron chi connectivity index (χ4n) is 4.02. The molecular weight excluding hydrogens is 439 g/mol. The highest BCUT2D eigenvalue weighted by Crippen LogP contribution is 2.30. The van der Waals surface area contributed by atoms with Crippen LogP contribution in [0.15, 0.2) is 78.9 Å². The Bertz CT molecular complexity index is 915. The zero-order valence-electron chi connectivity index (χ0n) is 16.7. The second kappa shape index (κ2) is 11.5. The molecule has 3 nitrogen and oxygen atoms in total. The van der Waals surface area contributed by atoms with Crippen LogP contribution in [0, 0.1) is 0 Å². The van der Waals surface area contributed by atoms with Crippen molar-refractivity contribution < 1.29 is 5.11 Å². The largest absolute Gasteiger partial charge is 0.508 e. The summed E-state index contributed by atoms with van der Waals surface area (Å²) in [6, 6.07) is 26.6. The first kappa shape index (κ1) is 24.4. The van der Waals surface area contributed by atoms with Crippen molar-refractivity contribution in [2.24, 2.45) is 0 Å². The van der Waals surface area contributed by atoms with E-state index in [-0.39, 0.29) is 30.9 Å². The lowest BCUT2D eigenvalue weighted by Gasteiger charge is -2.40. The minimum absolute atomic E-state index is 0. The molecule has 1 atom stereocenters. The molecule has 0 bridgehead atoms. The second-order valence-electron chi connectivity index (χ2n) is 7.27. The molecule has 1 aliphatic rings. The van der Waals surface area contributed by atoms with Crippen LogP contribution in [0.25, 0.3) is 0 Å². The van der Waals surface area contributed by atoms with E-state index in [2.05, 4.69) is 52.3 Å². The highest BCUT2D eigenvalue weighted by atomic mass is 35.5. The van der Waals surface area contributed by atoms with Crippen molar-refractivity contribution in [3.63, 3.8) is 0 Å². The van der Waals surface area contributed by atoms with Crippen LogP contribution in [0.3, 0.4) is 0 Å². The van der Waals surface area contributed by atoms with Gasteiger partial charge in [0.1, 0.15) is 5.75 Å². The van der Waals surface area contributed by atoms with Crippen LogP contribution >= 0.6 is 36.4 Å². The molecule has 0 aromatic heterocycles. The molecule has 3 aromatic rings. The van der Waals surface area contributed by atoms with Gasteiger partial charge in [0.2, 0.25) is 0 Å². The highest BCUT2D eigenvalue weighted by molar-refractivity contribution is 6.33. The van der Waals surface area contributed by atoms with Gasteiger partial charge >= 0.3 is 0 Å². The van der Waals surface area contributed by atoms with Crippen LogP contribution in [-0.2, 0) is 6.42 Å². The summed E-state index contributed by atoms with van der Waals surface area (Å²) in [6.45, 7) is 3.85. The molecule has 3 aromatic carbocycles. The van der Waals surface area contributed by atoms with Crippen LogP contribution in [0.1, 0.15) is 17.2 Å². The molecule has 1 heterocycles. The number of phenolic OH excluding ortho intramolecular Hbond substituents is 1. The van der Waals surface area contributed by atoms with E-state index in [1.165, 1.54) is 5.56 Å². The van der Waals surface area contributed by atoms with Gasteiger partial charge in [0, 0.05) is 32.2 Å². The van der Waals surface area contributed by atoms with Crippen molar-refractivity contribution in [1.29, 1.82) is 0 Å². The van der Waals surface area contributed by atoms with Gasteiger partial charge in [0.05, 0.1) is 10.7 Å². The average molecular weight is 466 g/mol. The predicted molar refractivity (Wildman–Crippen MR) is 131 cm³/mol. The molecule has 0 saturated carbocycles. The van der Waals surface area contributed by atoms with Crippen LogP contribution < -0.4 is 4.90 Å². The number of anilines is 1. The molecule has 1 unspecified atom stereocenters. The molecule has 4 rings (SSSR count). The molecule has 0 radical (unpaired) electrons. The van der Waals surface area contributed by atoms with E-state index >= 15 is 0 Å². The van der Waals surface area contributed by atoms with Gasteiger partial charge in [0.15, 0.2) is 0 Å². The smallest absolute Gasteiger partial charge is 0.115 e. The minimum Gasteiger partial charge on any atom is -0.508 e. The standard InChI is InChI=1S/C24H25ClN2O.2ClH/c25-22-11-4-5-12-23(22)26-13-15-27(16-14-26)24(20-8-2-1-3-9-20)18-19-7-6-10-21(28)17-19;;/h1-12,17,24,28H,13-16,18H2;2*1H. The Labute approximate surface area is 196 Å². The molecule has 30 heavy (non-hydrogen) atoms. The third kappa shape index (κ3) is 5.83. The summed E-state index contributed by atoms with van der Waals surface area (Å²) in [5.74, 6) is 0.327. The van der Waals surface area contributed by atoms with Crippen molar-refractivity contribution in [3.05, 3.63) is 95.0 Å². The molecule has 6 heteroatoms. The van der Waals surface area contributed by atoms with Crippen LogP contribution in [0.5, 0.6) is 5.75 Å². The number of nitrogens with zero attached hydrogens (tertiary/aromatic N) is 2. The maximum Gasteiger partial charge on any atom is 0.115 e. The van der Waals surface area contributed by atoms with Gasteiger partial charge in [-0.05, 0) is 41.8 Å². The number of rotatable bonds is 5. The van der Waals surface area contributed by atoms with E-state index in [1.54, 1.807) is 6.07 Å². The van der Waals surface area contributed by atoms with Gasteiger partial charge in [-0.3, -0.25) is 4.90 Å². The molecular formula is C24H27Cl3N2O. The van der Waals surface area contributed by atoms with Crippen LogP contribution in [0.2, 0.25) is 5.02 Å². The summed E-state index contributed by atoms with van der Waals surface area (Å²) in [5.41, 5.74) is 3.59. The lowest BCUT2D eigenvalue weighted by atomic mass is 9.96. The van der Waals surface area contributed by atoms with E-state index in [9.17, 15) is 5.11 Å². The van der Waals surface area contributed by atoms with Crippen molar-refractivity contribution in [2.75, 3.05) is 31.1 Å². The molecule has 1 aliphatic heterocycles. The normalized spacial score (nSPS) is 15.0. The Hall–Kier alpha value is -1.91. The first-order chi connectivity index (χ1) is 13.7. The minimum atomic E-state index is 0. The summed E-state index contributed by atoms with van der Waals surface area (Å²) in [4.78, 5) is 4.92. The molecule has 1 fully saturated rings. The third-order valence-electron chi connectivity index (χ3n) is 5.47. The monoisotopic (exact) mass is 464 g/mol. The second-order valence-corrected chi connectivity index (χ2v) is 7.68. The highest BCUT2D eigenvalue weighted by Gasteiger charge is 2.26. The lowest BCUT2D eigenvalue weighted by molar-refractivity contribution is 0.184. The SMILES string of the molecule is Cl.Cl.Oc1cccc(CC(c2ccccc2)N2CCN(c3ccccc3Cl)CC2)c1. The molecule has 0 amide bonds. The van der Waals surface area contributed by atoms with Gasteiger partial charge in [-0.2, -0.15) is 0 Å². The fourth-order valence-corrected chi connectivity index (χ4v) is 4.28. The van der Waals surface area contributed by atoms with Crippen molar-refractivity contribution >= 4 is 42.1 Å². The zero-order valence-corrected chi connectivity index (χ0v) is 19.0. The number of para-hydroxylation sites is 1. The third-order valence-corrected chi connectivity index (χ3v) is 5.79. The molecule has 160 valence electrons. The van der Waals surface area contributed by atoms with E-state index in [1.807, 2.05) is 30.3 Å². The first-order valence-electron chi connectivity index (χ1n) is 9.77. The number of hydrogen-bond donors (Lipinski definition) is 1. The summed E-state index contributed by atoms with van der Waals surface area (Å²) < 4.78 is 0. The van der Waals surface area contributed by atoms with Crippen LogP contribution in [-0.4, -0.2) is 36.2 Å². The lowest BCUT2D eigenvalue weighted by Crippen LogP contribution is -2.48. The first-order valence-corrected chi connectivity index (χ1v) is 10.1. The maximum absolute atomic E-state index is 9.86. The van der Waals surface area contributed by atoms with Crippen molar-refractivity contribution in [2.45, 2.75) is 12.5 Å². The Kier molecular flexibility index (Phi) is 9.32. The quantitative estimate of drug-likeness (QED) is 0.501. The summed E-state index contributed by atoms with van der Waals surface area (Å²) in [5, 5.41) is 10.7. The van der Waals surface area contributed by atoms with E-state index < -0.39 is 0 Å². The van der Waals surface area contributed by atoms with Gasteiger partial charge in [-0.15, -0.1) is 24.8 Å². The summed E-state index contributed by atoms with van der Waals surface area (Å²) in [7, 11) is 0. The molecule has 0 spiro atoms. The predicted octanol–water partition coefficient (Wildman–Crippen LogP) is 6.00. The number of benzene rings is 3. The summed E-state index contributed by atoms with van der Waals surface area (Å²) >= 11 is 6.40. The molecule has 0 aliphatic carbocycles. The van der Waals surface area contributed by atoms with E-state index in [4.69, 9.17) is 11.6 Å². The zero-order chi connectivity index (χ0) is 19.3. The Morgan fingerprint density at radius 2 is 1.47 bits per heavy atom. The number of phenols is 1. The van der Waals surface area contributed by atoms with E-state index in [0.717, 1.165) is 48.9 Å². The maximum atomic E-state index is 9.86. The topological polar surface area (TPSA) is 26.7 Å². The number of halogens is 3. The number of piperazine rings is 1. The molecule has 1 saturated heterocycles. The number of aromatic hydroxyl groups is 1. The van der Waals surface area contributed by atoms with Gasteiger partial charge in [-0.1, -0.05) is 66.2 Å². The fraction of sp³-hybridized carbons (Fsp3) is 0.250. The number of hydrogen-bond acceptors (Lipinski definition) is 3. The van der Waals surface area contributed by atoms with E-state index in [0.29, 0.717) is 5.75 Å². The Balaban J connectivity index is 0.00000160. The summed E-state index contributed by atoms with van der Waals surface area (Å²) in [6.07, 6.45) is 0.879. The average Bonchev–Trinajstić information content (AvgIpc) is 2.73. The Morgan fingerprint density at radius 3 is 2.13 bits per heavy atom. The van der Waals surface area contributed by atoms with Gasteiger partial charge in [-0.25, -0.2) is 0 Å². The van der Waals surface area contributed by atoms with Crippen molar-refractivity contribution in [3.8, 4) is 5.75 Å². The van der Waals surface area contributed by atoms with Gasteiger partial charge in [0.25, 0.3) is 0 Å². The van der Waals surface area contributed by atoms with Crippen LogP contribution in [0.4, 0.5) is 5.69 Å². The molecule has 1 N–H and O–H groups in total. The Morgan fingerprint density at radius 1 is 0.800 bits per heavy atom.